The molecule has 102 valence electrons. The van der Waals surface area contributed by atoms with Gasteiger partial charge in [-0.3, -0.25) is 4.90 Å². The van der Waals surface area contributed by atoms with Crippen molar-refractivity contribution in [1.29, 1.82) is 0 Å². The molecule has 1 N–H and O–H groups in total. The van der Waals surface area contributed by atoms with E-state index in [-0.39, 0.29) is 6.10 Å². The maximum absolute atomic E-state index is 11.2. The third-order valence-electron chi connectivity index (χ3n) is 4.33. The van der Waals surface area contributed by atoms with E-state index in [1.165, 1.54) is 0 Å². The van der Waals surface area contributed by atoms with Gasteiger partial charge in [0.2, 0.25) is 0 Å². The van der Waals surface area contributed by atoms with E-state index in [2.05, 4.69) is 17.9 Å². The van der Waals surface area contributed by atoms with Crippen molar-refractivity contribution in [2.24, 2.45) is 0 Å². The van der Waals surface area contributed by atoms with Crippen molar-refractivity contribution in [3.8, 4) is 0 Å². The topological polar surface area (TPSA) is 49.8 Å². The van der Waals surface area contributed by atoms with Crippen LogP contribution in [0.1, 0.15) is 34.8 Å². The van der Waals surface area contributed by atoms with Gasteiger partial charge in [0.25, 0.3) is 0 Å². The van der Waals surface area contributed by atoms with E-state index in [0.29, 0.717) is 11.6 Å². The minimum absolute atomic E-state index is 0.282. The maximum atomic E-state index is 11.2. The van der Waals surface area contributed by atoms with Gasteiger partial charge in [-0.05, 0) is 37.0 Å². The quantitative estimate of drug-likeness (QED) is 0.883. The fourth-order valence-electron chi connectivity index (χ4n) is 3.31. The van der Waals surface area contributed by atoms with Crippen molar-refractivity contribution < 1.29 is 14.6 Å². The number of aromatic carboxylic acids is 1. The molecule has 0 bridgehead atoms. The van der Waals surface area contributed by atoms with Gasteiger partial charge >= 0.3 is 5.97 Å². The number of nitrogens with zero attached hydrogens (tertiary/aromatic N) is 1. The minimum Gasteiger partial charge on any atom is -0.478 e. The van der Waals surface area contributed by atoms with Crippen LogP contribution in [-0.4, -0.2) is 41.3 Å². The molecule has 2 unspecified atom stereocenters. The Labute approximate surface area is 113 Å². The van der Waals surface area contributed by atoms with Crippen molar-refractivity contribution in [3.05, 3.63) is 34.9 Å². The predicted octanol–water partition coefficient (Wildman–Crippen LogP) is 1.92. The average Bonchev–Trinajstić information content (AvgIpc) is 2.83. The summed E-state index contributed by atoms with van der Waals surface area (Å²) in [6.07, 6.45) is 2.18. The van der Waals surface area contributed by atoms with Crippen LogP contribution >= 0.6 is 0 Å². The Morgan fingerprint density at radius 1 is 1.47 bits per heavy atom. The molecule has 2 heterocycles. The lowest BCUT2D eigenvalue weighted by Gasteiger charge is -2.35. The van der Waals surface area contributed by atoms with Gasteiger partial charge < -0.3 is 9.84 Å². The minimum atomic E-state index is -0.817. The van der Waals surface area contributed by atoms with E-state index < -0.39 is 5.97 Å². The summed E-state index contributed by atoms with van der Waals surface area (Å²) in [7, 11) is 0. The Morgan fingerprint density at radius 2 is 2.32 bits per heavy atom. The Morgan fingerprint density at radius 3 is 3.00 bits per heavy atom. The molecule has 0 amide bonds. The molecule has 0 spiro atoms. The number of hydrogen-bond donors (Lipinski definition) is 1. The summed E-state index contributed by atoms with van der Waals surface area (Å²) in [6, 6.07) is 6.08. The molecule has 4 heteroatoms. The van der Waals surface area contributed by atoms with E-state index in [1.807, 2.05) is 6.07 Å². The van der Waals surface area contributed by atoms with Gasteiger partial charge in [0, 0.05) is 25.7 Å². The Balaban J connectivity index is 1.84. The van der Waals surface area contributed by atoms with Crippen LogP contribution in [0, 0.1) is 0 Å². The fraction of sp³-hybridized carbons (Fsp3) is 0.533. The summed E-state index contributed by atoms with van der Waals surface area (Å²) in [5.74, 6) is -0.817. The highest BCUT2D eigenvalue weighted by Crippen LogP contribution is 2.28. The average molecular weight is 261 g/mol. The van der Waals surface area contributed by atoms with E-state index >= 15 is 0 Å². The van der Waals surface area contributed by atoms with Gasteiger partial charge in [-0.1, -0.05) is 12.1 Å². The second kappa shape index (κ2) is 4.94. The number of carboxylic acids is 1. The van der Waals surface area contributed by atoms with Crippen molar-refractivity contribution in [1.82, 2.24) is 4.90 Å². The van der Waals surface area contributed by atoms with Crippen molar-refractivity contribution in [3.63, 3.8) is 0 Å². The molecule has 1 saturated heterocycles. The summed E-state index contributed by atoms with van der Waals surface area (Å²) < 4.78 is 5.63. The molecule has 1 aromatic rings. The Kier molecular flexibility index (Phi) is 3.29. The standard InChI is InChI=1S/C15H19NO3/c1-10-14(6-8-19-10)16-7-5-12-11(9-16)3-2-4-13(12)15(17)18/h2-4,10,14H,5-9H2,1H3,(H,17,18). The molecule has 2 atom stereocenters. The molecular weight excluding hydrogens is 242 g/mol. The van der Waals surface area contributed by atoms with E-state index in [9.17, 15) is 9.90 Å². The fourth-order valence-corrected chi connectivity index (χ4v) is 3.31. The first-order valence-electron chi connectivity index (χ1n) is 6.86. The highest BCUT2D eigenvalue weighted by atomic mass is 16.5. The number of carbonyl (C=O) groups is 1. The van der Waals surface area contributed by atoms with E-state index in [1.54, 1.807) is 6.07 Å². The first-order valence-corrected chi connectivity index (χ1v) is 6.86. The monoisotopic (exact) mass is 261 g/mol. The van der Waals surface area contributed by atoms with Gasteiger partial charge in [-0.15, -0.1) is 0 Å². The number of carboxylic acid groups (broad SMARTS) is 1. The molecule has 0 aliphatic carbocycles. The van der Waals surface area contributed by atoms with Crippen LogP contribution in [0.2, 0.25) is 0 Å². The maximum Gasteiger partial charge on any atom is 0.335 e. The molecule has 2 aliphatic heterocycles. The van der Waals surface area contributed by atoms with Gasteiger partial charge in [0.1, 0.15) is 0 Å². The first kappa shape index (κ1) is 12.6. The summed E-state index contributed by atoms with van der Waals surface area (Å²) in [5, 5.41) is 9.23. The summed E-state index contributed by atoms with van der Waals surface area (Å²) >= 11 is 0. The van der Waals surface area contributed by atoms with Crippen LogP contribution in [0.15, 0.2) is 18.2 Å². The van der Waals surface area contributed by atoms with Crippen LogP contribution in [0.5, 0.6) is 0 Å². The SMILES string of the molecule is CC1OCCC1N1CCc2c(cccc2C(=O)O)C1. The van der Waals surface area contributed by atoms with Crippen LogP contribution in [0.4, 0.5) is 0 Å². The zero-order valence-corrected chi connectivity index (χ0v) is 11.1. The van der Waals surface area contributed by atoms with Gasteiger partial charge in [0.15, 0.2) is 0 Å². The molecule has 3 rings (SSSR count). The lowest BCUT2D eigenvalue weighted by Crippen LogP contribution is -2.43. The molecule has 1 fully saturated rings. The number of fused-ring (bicyclic) bond motifs is 1. The molecule has 2 aliphatic rings. The highest BCUT2D eigenvalue weighted by molar-refractivity contribution is 5.89. The van der Waals surface area contributed by atoms with E-state index in [4.69, 9.17) is 4.74 Å². The molecular formula is C15H19NO3. The normalized spacial score (nSPS) is 27.2. The first-order chi connectivity index (χ1) is 9.16. The Bertz CT molecular complexity index is 500. The molecule has 0 saturated carbocycles. The lowest BCUT2D eigenvalue weighted by atomic mass is 9.93. The van der Waals surface area contributed by atoms with Crippen molar-refractivity contribution >= 4 is 5.97 Å². The van der Waals surface area contributed by atoms with Crippen LogP contribution in [0.3, 0.4) is 0 Å². The number of benzene rings is 1. The Hall–Kier alpha value is -1.39. The number of rotatable bonds is 2. The van der Waals surface area contributed by atoms with Crippen molar-refractivity contribution in [2.75, 3.05) is 13.2 Å². The van der Waals surface area contributed by atoms with Crippen molar-refractivity contribution in [2.45, 2.75) is 38.5 Å². The third kappa shape index (κ3) is 2.26. The van der Waals surface area contributed by atoms with E-state index in [0.717, 1.165) is 43.7 Å². The lowest BCUT2D eigenvalue weighted by molar-refractivity contribution is 0.0661. The third-order valence-corrected chi connectivity index (χ3v) is 4.33. The summed E-state index contributed by atoms with van der Waals surface area (Å²) in [6.45, 7) is 4.73. The molecule has 19 heavy (non-hydrogen) atoms. The van der Waals surface area contributed by atoms with Gasteiger partial charge in [0.05, 0.1) is 11.7 Å². The number of ether oxygens (including phenoxy) is 1. The summed E-state index contributed by atoms with van der Waals surface area (Å²) in [4.78, 5) is 13.7. The molecule has 0 radical (unpaired) electrons. The zero-order chi connectivity index (χ0) is 13.4. The van der Waals surface area contributed by atoms with Gasteiger partial charge in [-0.2, -0.15) is 0 Å². The van der Waals surface area contributed by atoms with Gasteiger partial charge in [-0.25, -0.2) is 4.79 Å². The number of hydrogen-bond acceptors (Lipinski definition) is 3. The van der Waals surface area contributed by atoms with Crippen LogP contribution in [-0.2, 0) is 17.7 Å². The zero-order valence-electron chi connectivity index (χ0n) is 11.1. The molecule has 0 aromatic heterocycles. The molecule has 1 aromatic carbocycles. The molecule has 4 nitrogen and oxygen atoms in total. The second-order valence-electron chi connectivity index (χ2n) is 5.40. The smallest absolute Gasteiger partial charge is 0.335 e. The second-order valence-corrected chi connectivity index (χ2v) is 5.40. The predicted molar refractivity (Wildman–Crippen MR) is 71.3 cm³/mol. The van der Waals surface area contributed by atoms with Crippen LogP contribution < -0.4 is 0 Å². The largest absolute Gasteiger partial charge is 0.478 e. The van der Waals surface area contributed by atoms with Crippen LogP contribution in [0.25, 0.3) is 0 Å². The summed E-state index contributed by atoms with van der Waals surface area (Å²) in [5.41, 5.74) is 2.64. The highest BCUT2D eigenvalue weighted by Gasteiger charge is 2.32.